The molecule has 9 nitrogen and oxygen atoms in total. The second kappa shape index (κ2) is 7.74. The molecule has 1 atom stereocenters. The number of nitrogens with zero attached hydrogens (tertiary/aromatic N) is 4. The summed E-state index contributed by atoms with van der Waals surface area (Å²) in [7, 11) is 2.80. The lowest BCUT2D eigenvalue weighted by Crippen LogP contribution is -2.37. The number of hydrogen-bond acceptors (Lipinski definition) is 6. The predicted octanol–water partition coefficient (Wildman–Crippen LogP) is 0.0396. The highest BCUT2D eigenvalue weighted by Crippen LogP contribution is 2.24. The van der Waals surface area contributed by atoms with Crippen LogP contribution in [0.4, 0.5) is 10.3 Å². The van der Waals surface area contributed by atoms with Gasteiger partial charge in [0.2, 0.25) is 5.95 Å². The highest BCUT2D eigenvalue weighted by atomic mass is 35.5. The molecule has 2 heterocycles. The van der Waals surface area contributed by atoms with Crippen LogP contribution >= 0.6 is 11.6 Å². The third-order valence-corrected chi connectivity index (χ3v) is 4.79. The molecule has 0 radical (unpaired) electrons. The Morgan fingerprint density at radius 2 is 2.00 bits per heavy atom. The summed E-state index contributed by atoms with van der Waals surface area (Å²) in [4.78, 5) is 29.2. The Kier molecular flexibility index (Phi) is 5.54. The highest BCUT2D eigenvalue weighted by Gasteiger charge is 2.21. The van der Waals surface area contributed by atoms with Crippen molar-refractivity contribution >= 4 is 28.7 Å². The van der Waals surface area contributed by atoms with Gasteiger partial charge < -0.3 is 15.5 Å². The lowest BCUT2D eigenvalue weighted by atomic mass is 10.2. The smallest absolute Gasteiger partial charge is 0.332 e. The van der Waals surface area contributed by atoms with Crippen molar-refractivity contribution in [2.75, 3.05) is 18.5 Å². The standard InChI is InChI=1S/C17H19ClFN5O4/c1-22-14-13(15(27)23(2)17(22)28)24(16(21-14)20-6-9(26)8-25)7-10-11(18)4-3-5-12(10)19/h3-5,9,25-26H,6-8H2,1-2H3,(H,20,21)/t9-/m1/s1. The fourth-order valence-corrected chi connectivity index (χ4v) is 3.07. The van der Waals surface area contributed by atoms with Crippen molar-refractivity contribution in [2.45, 2.75) is 12.6 Å². The van der Waals surface area contributed by atoms with Crippen molar-refractivity contribution in [2.24, 2.45) is 14.1 Å². The van der Waals surface area contributed by atoms with E-state index in [1.807, 2.05) is 0 Å². The van der Waals surface area contributed by atoms with Gasteiger partial charge in [0.1, 0.15) is 5.82 Å². The molecule has 3 aromatic rings. The van der Waals surface area contributed by atoms with Gasteiger partial charge in [-0.2, -0.15) is 4.98 Å². The van der Waals surface area contributed by atoms with Crippen LogP contribution in [0.2, 0.25) is 5.02 Å². The molecule has 0 bridgehead atoms. The Morgan fingerprint density at radius 3 is 2.64 bits per heavy atom. The summed E-state index contributed by atoms with van der Waals surface area (Å²) >= 11 is 6.12. The van der Waals surface area contributed by atoms with E-state index in [0.29, 0.717) is 0 Å². The minimum atomic E-state index is -1.07. The SMILES string of the molecule is Cn1c(=O)c2c(nc(NC[C@@H](O)CO)n2Cc2c(F)cccc2Cl)n(C)c1=O. The number of halogens is 2. The number of benzene rings is 1. The van der Waals surface area contributed by atoms with Gasteiger partial charge in [0.25, 0.3) is 5.56 Å². The zero-order valence-corrected chi connectivity index (χ0v) is 15.9. The third kappa shape index (κ3) is 3.41. The minimum absolute atomic E-state index is 0.0703. The van der Waals surface area contributed by atoms with E-state index in [2.05, 4.69) is 10.3 Å². The van der Waals surface area contributed by atoms with Gasteiger partial charge >= 0.3 is 5.69 Å². The second-order valence-electron chi connectivity index (χ2n) is 6.32. The molecule has 0 unspecified atom stereocenters. The molecule has 28 heavy (non-hydrogen) atoms. The van der Waals surface area contributed by atoms with E-state index in [9.17, 15) is 19.1 Å². The largest absolute Gasteiger partial charge is 0.394 e. The molecule has 1 aromatic carbocycles. The van der Waals surface area contributed by atoms with E-state index in [4.69, 9.17) is 16.7 Å². The molecular weight excluding hydrogens is 393 g/mol. The molecular formula is C17H19ClFN5O4. The molecule has 11 heteroatoms. The summed E-state index contributed by atoms with van der Waals surface area (Å²) in [5.74, 6) is -0.433. The Balaban J connectivity index is 2.25. The molecule has 0 saturated carbocycles. The van der Waals surface area contributed by atoms with Crippen LogP contribution < -0.4 is 16.6 Å². The number of fused-ring (bicyclic) bond motifs is 1. The molecule has 0 aliphatic rings. The van der Waals surface area contributed by atoms with Crippen molar-refractivity contribution < 1.29 is 14.6 Å². The van der Waals surface area contributed by atoms with Crippen molar-refractivity contribution in [3.63, 3.8) is 0 Å². The average Bonchev–Trinajstić information content (AvgIpc) is 3.04. The quantitative estimate of drug-likeness (QED) is 0.527. The number of rotatable bonds is 6. The molecule has 0 amide bonds. The van der Waals surface area contributed by atoms with E-state index in [-0.39, 0.29) is 40.8 Å². The number of imidazole rings is 1. The summed E-state index contributed by atoms with van der Waals surface area (Å²) in [6.07, 6.45) is -1.07. The Hall–Kier alpha value is -2.69. The maximum atomic E-state index is 14.3. The average molecular weight is 412 g/mol. The van der Waals surface area contributed by atoms with Gasteiger partial charge in [0.05, 0.1) is 19.3 Å². The van der Waals surface area contributed by atoms with Gasteiger partial charge in [0, 0.05) is 31.2 Å². The van der Waals surface area contributed by atoms with Gasteiger partial charge in [0.15, 0.2) is 11.2 Å². The first kappa shape index (κ1) is 20.1. The van der Waals surface area contributed by atoms with Gasteiger partial charge in [-0.05, 0) is 12.1 Å². The lowest BCUT2D eigenvalue weighted by molar-refractivity contribution is 0.105. The first-order valence-electron chi connectivity index (χ1n) is 8.38. The second-order valence-corrected chi connectivity index (χ2v) is 6.72. The summed E-state index contributed by atoms with van der Waals surface area (Å²) < 4.78 is 17.8. The van der Waals surface area contributed by atoms with E-state index in [1.54, 1.807) is 0 Å². The summed E-state index contributed by atoms with van der Waals surface area (Å²) in [5.41, 5.74) is -0.849. The summed E-state index contributed by atoms with van der Waals surface area (Å²) in [5, 5.41) is 21.6. The maximum Gasteiger partial charge on any atom is 0.332 e. The van der Waals surface area contributed by atoms with Crippen molar-refractivity contribution in [1.29, 1.82) is 0 Å². The van der Waals surface area contributed by atoms with Crippen LogP contribution in [0, 0.1) is 5.82 Å². The Bertz CT molecular complexity index is 1130. The van der Waals surface area contributed by atoms with Gasteiger partial charge in [-0.3, -0.25) is 18.5 Å². The van der Waals surface area contributed by atoms with Crippen LogP contribution in [-0.4, -0.2) is 48.2 Å². The zero-order valence-electron chi connectivity index (χ0n) is 15.2. The highest BCUT2D eigenvalue weighted by molar-refractivity contribution is 6.31. The minimum Gasteiger partial charge on any atom is -0.394 e. The van der Waals surface area contributed by atoms with Crippen LogP contribution in [0.1, 0.15) is 5.56 Å². The normalized spacial score (nSPS) is 12.5. The fourth-order valence-electron chi connectivity index (χ4n) is 2.85. The third-order valence-electron chi connectivity index (χ3n) is 4.43. The van der Waals surface area contributed by atoms with Crippen LogP contribution in [0.5, 0.6) is 0 Å². The number of aliphatic hydroxyl groups is 2. The summed E-state index contributed by atoms with van der Waals surface area (Å²) in [6, 6.07) is 4.24. The van der Waals surface area contributed by atoms with E-state index in [0.717, 1.165) is 4.57 Å². The number of hydrogen-bond donors (Lipinski definition) is 3. The molecule has 2 aromatic heterocycles. The number of aromatic nitrogens is 4. The first-order chi connectivity index (χ1) is 13.3. The van der Waals surface area contributed by atoms with E-state index < -0.39 is 29.8 Å². The Labute approximate surface area is 163 Å². The number of nitrogens with one attached hydrogen (secondary N) is 1. The molecule has 150 valence electrons. The molecule has 0 saturated heterocycles. The van der Waals surface area contributed by atoms with Crippen LogP contribution in [0.25, 0.3) is 11.2 Å². The molecule has 0 aliphatic heterocycles. The van der Waals surface area contributed by atoms with Crippen molar-refractivity contribution in [1.82, 2.24) is 18.7 Å². The fraction of sp³-hybridized carbons (Fsp3) is 0.353. The van der Waals surface area contributed by atoms with Gasteiger partial charge in [-0.25, -0.2) is 9.18 Å². The molecule has 3 N–H and O–H groups in total. The van der Waals surface area contributed by atoms with E-state index >= 15 is 0 Å². The molecule has 0 spiro atoms. The topological polar surface area (TPSA) is 114 Å². The predicted molar refractivity (Wildman–Crippen MR) is 102 cm³/mol. The molecule has 0 aliphatic carbocycles. The summed E-state index contributed by atoms with van der Waals surface area (Å²) in [6.45, 7) is -0.682. The Morgan fingerprint density at radius 1 is 1.29 bits per heavy atom. The maximum absolute atomic E-state index is 14.3. The zero-order chi connectivity index (χ0) is 20.6. The van der Waals surface area contributed by atoms with E-state index in [1.165, 1.54) is 41.4 Å². The lowest BCUT2D eigenvalue weighted by Gasteiger charge is -2.14. The monoisotopic (exact) mass is 411 g/mol. The molecule has 3 rings (SSSR count). The van der Waals surface area contributed by atoms with Gasteiger partial charge in [-0.15, -0.1) is 0 Å². The first-order valence-corrected chi connectivity index (χ1v) is 8.76. The number of aliphatic hydroxyl groups excluding tert-OH is 2. The number of aryl methyl sites for hydroxylation is 1. The number of anilines is 1. The van der Waals surface area contributed by atoms with Crippen molar-refractivity contribution in [3.8, 4) is 0 Å². The van der Waals surface area contributed by atoms with Crippen LogP contribution in [-0.2, 0) is 20.6 Å². The van der Waals surface area contributed by atoms with Crippen LogP contribution in [0.15, 0.2) is 27.8 Å². The van der Waals surface area contributed by atoms with Gasteiger partial charge in [-0.1, -0.05) is 17.7 Å². The van der Waals surface area contributed by atoms with Crippen LogP contribution in [0.3, 0.4) is 0 Å². The van der Waals surface area contributed by atoms with Crippen molar-refractivity contribution in [3.05, 3.63) is 55.4 Å². The molecule has 0 fully saturated rings.